The molecule has 2 atom stereocenters. The Labute approximate surface area is 113 Å². The lowest BCUT2D eigenvalue weighted by atomic mass is 10.0. The van der Waals surface area contributed by atoms with Gasteiger partial charge in [0.05, 0.1) is 18.1 Å². The third-order valence-corrected chi connectivity index (χ3v) is 3.38. The maximum Gasteiger partial charge on any atom is 0.224 e. The second kappa shape index (κ2) is 5.97. The summed E-state index contributed by atoms with van der Waals surface area (Å²) in [6, 6.07) is 0.264. The number of rotatable bonds is 4. The molecule has 0 unspecified atom stereocenters. The van der Waals surface area contributed by atoms with Crippen LogP contribution in [-0.2, 0) is 4.79 Å². The van der Waals surface area contributed by atoms with E-state index in [0.717, 1.165) is 19.3 Å². The van der Waals surface area contributed by atoms with E-state index in [9.17, 15) is 4.79 Å². The van der Waals surface area contributed by atoms with Gasteiger partial charge in [0.15, 0.2) is 0 Å². The molecule has 6 nitrogen and oxygen atoms in total. The molecule has 2 rings (SSSR count). The van der Waals surface area contributed by atoms with Gasteiger partial charge in [-0.1, -0.05) is 0 Å². The van der Waals surface area contributed by atoms with Crippen molar-refractivity contribution in [2.45, 2.75) is 31.7 Å². The van der Waals surface area contributed by atoms with Crippen LogP contribution < -0.4 is 16.0 Å². The molecule has 1 heterocycles. The first-order chi connectivity index (χ1) is 9.04. The van der Waals surface area contributed by atoms with Gasteiger partial charge in [-0.15, -0.1) is 0 Å². The average Bonchev–Trinajstić information content (AvgIpc) is 2.75. The summed E-state index contributed by atoms with van der Waals surface area (Å²) < 4.78 is 0. The monoisotopic (exact) mass is 263 g/mol. The molecule has 0 aromatic carbocycles. The Morgan fingerprint density at radius 1 is 1.42 bits per heavy atom. The molecule has 3 N–H and O–H groups in total. The second-order valence-electron chi connectivity index (χ2n) is 5.36. The lowest BCUT2D eigenvalue weighted by Crippen LogP contribution is -2.19. The number of carbonyl (C=O) groups is 1. The van der Waals surface area contributed by atoms with Crippen LogP contribution in [0.25, 0.3) is 0 Å². The highest BCUT2D eigenvalue weighted by Gasteiger charge is 2.23. The fraction of sp³-hybridized carbons (Fsp3) is 0.615. The summed E-state index contributed by atoms with van der Waals surface area (Å²) in [7, 11) is 3.74. The van der Waals surface area contributed by atoms with Crippen LogP contribution in [0.2, 0.25) is 0 Å². The highest BCUT2D eigenvalue weighted by Crippen LogP contribution is 2.27. The van der Waals surface area contributed by atoms with Crippen molar-refractivity contribution in [1.29, 1.82) is 0 Å². The van der Waals surface area contributed by atoms with Crippen molar-refractivity contribution in [2.24, 2.45) is 11.7 Å². The zero-order valence-corrected chi connectivity index (χ0v) is 11.5. The van der Waals surface area contributed by atoms with Crippen LogP contribution in [0.5, 0.6) is 0 Å². The van der Waals surface area contributed by atoms with Crippen molar-refractivity contribution in [3.05, 3.63) is 12.4 Å². The first-order valence-electron chi connectivity index (χ1n) is 6.59. The molecular weight excluding hydrogens is 242 g/mol. The minimum atomic E-state index is 0.0142. The zero-order chi connectivity index (χ0) is 13.8. The van der Waals surface area contributed by atoms with E-state index in [1.54, 1.807) is 12.4 Å². The van der Waals surface area contributed by atoms with Gasteiger partial charge < -0.3 is 16.0 Å². The Morgan fingerprint density at radius 3 is 2.63 bits per heavy atom. The molecule has 0 spiro atoms. The fourth-order valence-corrected chi connectivity index (χ4v) is 2.39. The van der Waals surface area contributed by atoms with Gasteiger partial charge in [-0.05, 0) is 25.2 Å². The summed E-state index contributed by atoms with van der Waals surface area (Å²) in [4.78, 5) is 22.0. The van der Waals surface area contributed by atoms with Gasteiger partial charge in [-0.3, -0.25) is 4.79 Å². The van der Waals surface area contributed by atoms with E-state index in [-0.39, 0.29) is 11.9 Å². The Morgan fingerprint density at radius 2 is 2.11 bits per heavy atom. The maximum atomic E-state index is 11.9. The SMILES string of the molecule is CN(C)c1ncc(NC(=O)C[C@@H]2CC[C@H](N)C2)cn1. The van der Waals surface area contributed by atoms with E-state index in [1.165, 1.54) is 0 Å². The number of amides is 1. The van der Waals surface area contributed by atoms with Crippen molar-refractivity contribution in [1.82, 2.24) is 9.97 Å². The number of nitrogens with zero attached hydrogens (tertiary/aromatic N) is 3. The minimum Gasteiger partial charge on any atom is -0.347 e. The summed E-state index contributed by atoms with van der Waals surface area (Å²) in [5.74, 6) is 1.05. The second-order valence-corrected chi connectivity index (χ2v) is 5.36. The van der Waals surface area contributed by atoms with E-state index in [4.69, 9.17) is 5.73 Å². The van der Waals surface area contributed by atoms with Crippen LogP contribution in [-0.4, -0.2) is 36.0 Å². The van der Waals surface area contributed by atoms with E-state index in [1.807, 2.05) is 19.0 Å². The van der Waals surface area contributed by atoms with Crippen molar-refractivity contribution < 1.29 is 4.79 Å². The Kier molecular flexibility index (Phi) is 4.31. The number of carbonyl (C=O) groups excluding carboxylic acids is 1. The Bertz CT molecular complexity index is 431. The predicted molar refractivity (Wildman–Crippen MR) is 74.9 cm³/mol. The van der Waals surface area contributed by atoms with Gasteiger partial charge in [-0.2, -0.15) is 0 Å². The molecule has 1 aliphatic carbocycles. The number of aromatic nitrogens is 2. The van der Waals surface area contributed by atoms with Gasteiger partial charge in [0.25, 0.3) is 0 Å². The summed E-state index contributed by atoms with van der Waals surface area (Å²) in [6.45, 7) is 0. The first-order valence-corrected chi connectivity index (χ1v) is 6.59. The van der Waals surface area contributed by atoms with Crippen LogP contribution in [0, 0.1) is 5.92 Å². The smallest absolute Gasteiger partial charge is 0.224 e. The minimum absolute atomic E-state index is 0.0142. The van der Waals surface area contributed by atoms with Crippen molar-refractivity contribution >= 4 is 17.5 Å². The molecule has 0 saturated heterocycles. The quantitative estimate of drug-likeness (QED) is 0.846. The molecule has 1 saturated carbocycles. The summed E-state index contributed by atoms with van der Waals surface area (Å²) in [6.07, 6.45) is 6.80. The molecule has 0 radical (unpaired) electrons. The van der Waals surface area contributed by atoms with E-state index in [0.29, 0.717) is 24.0 Å². The molecule has 1 aromatic rings. The number of nitrogens with two attached hydrogens (primary N) is 1. The number of hydrogen-bond acceptors (Lipinski definition) is 5. The van der Waals surface area contributed by atoms with Gasteiger partial charge in [-0.25, -0.2) is 9.97 Å². The summed E-state index contributed by atoms with van der Waals surface area (Å²) in [5.41, 5.74) is 6.48. The Hall–Kier alpha value is -1.69. The lowest BCUT2D eigenvalue weighted by molar-refractivity contribution is -0.117. The van der Waals surface area contributed by atoms with Crippen molar-refractivity contribution in [2.75, 3.05) is 24.3 Å². The Balaban J connectivity index is 1.85. The predicted octanol–water partition coefficient (Wildman–Crippen LogP) is 0.999. The van der Waals surface area contributed by atoms with E-state index >= 15 is 0 Å². The topological polar surface area (TPSA) is 84.1 Å². The molecule has 6 heteroatoms. The third kappa shape index (κ3) is 3.89. The maximum absolute atomic E-state index is 11.9. The molecule has 1 fully saturated rings. The molecule has 104 valence electrons. The van der Waals surface area contributed by atoms with Gasteiger partial charge in [0, 0.05) is 26.6 Å². The molecular formula is C13H21N5O. The fourth-order valence-electron chi connectivity index (χ4n) is 2.39. The molecule has 1 aromatic heterocycles. The van der Waals surface area contributed by atoms with Crippen molar-refractivity contribution in [3.63, 3.8) is 0 Å². The standard InChI is InChI=1S/C13H21N5O/c1-18(2)13-15-7-11(8-16-13)17-12(19)6-9-3-4-10(14)5-9/h7-10H,3-6,14H2,1-2H3,(H,17,19)/t9-,10+/m1/s1. The van der Waals surface area contributed by atoms with Crippen LogP contribution in [0.1, 0.15) is 25.7 Å². The van der Waals surface area contributed by atoms with E-state index in [2.05, 4.69) is 15.3 Å². The molecule has 19 heavy (non-hydrogen) atoms. The number of anilines is 2. The van der Waals surface area contributed by atoms with Crippen LogP contribution in [0.4, 0.5) is 11.6 Å². The van der Waals surface area contributed by atoms with Crippen LogP contribution in [0.3, 0.4) is 0 Å². The normalized spacial score (nSPS) is 22.3. The van der Waals surface area contributed by atoms with Gasteiger partial charge in [0.1, 0.15) is 0 Å². The molecule has 1 aliphatic rings. The van der Waals surface area contributed by atoms with E-state index < -0.39 is 0 Å². The highest BCUT2D eigenvalue weighted by atomic mass is 16.1. The summed E-state index contributed by atoms with van der Waals surface area (Å²) >= 11 is 0. The zero-order valence-electron chi connectivity index (χ0n) is 11.5. The lowest BCUT2D eigenvalue weighted by Gasteiger charge is -2.11. The molecule has 1 amide bonds. The van der Waals surface area contributed by atoms with Crippen molar-refractivity contribution in [3.8, 4) is 0 Å². The first kappa shape index (κ1) is 13.7. The number of nitrogens with one attached hydrogen (secondary N) is 1. The summed E-state index contributed by atoms with van der Waals surface area (Å²) in [5, 5.41) is 2.83. The largest absolute Gasteiger partial charge is 0.347 e. The highest BCUT2D eigenvalue weighted by molar-refractivity contribution is 5.90. The third-order valence-electron chi connectivity index (χ3n) is 3.38. The van der Waals surface area contributed by atoms with Crippen LogP contribution in [0.15, 0.2) is 12.4 Å². The van der Waals surface area contributed by atoms with Gasteiger partial charge >= 0.3 is 0 Å². The molecule has 0 bridgehead atoms. The molecule has 0 aliphatic heterocycles. The van der Waals surface area contributed by atoms with Gasteiger partial charge in [0.2, 0.25) is 11.9 Å². The average molecular weight is 263 g/mol. The van der Waals surface area contributed by atoms with Crippen LogP contribution >= 0.6 is 0 Å². The number of hydrogen-bond donors (Lipinski definition) is 2.